The number of amides is 2. The quantitative estimate of drug-likeness (QED) is 0.466. The van der Waals surface area contributed by atoms with Crippen LogP contribution < -0.4 is 15.5 Å². The van der Waals surface area contributed by atoms with Gasteiger partial charge in [0.25, 0.3) is 0 Å². The molecule has 32 heavy (non-hydrogen) atoms. The molecule has 2 N–H and O–H groups in total. The van der Waals surface area contributed by atoms with Crippen molar-refractivity contribution < 1.29 is 4.79 Å². The standard InChI is InChI=1S/C22H24BrClN6OS/c23-17-2-1-3-19(15-17)26-21(31)25-8-9-29-10-12-30(13-11-29)22-27-20(28-32-22)14-16-4-6-18(24)7-5-16/h1-7,15H,8-14H2,(H2,25,26,31). The second-order valence-electron chi connectivity index (χ2n) is 7.52. The van der Waals surface area contributed by atoms with Crippen molar-refractivity contribution in [2.45, 2.75) is 6.42 Å². The Labute approximate surface area is 205 Å². The van der Waals surface area contributed by atoms with Gasteiger partial charge in [-0.1, -0.05) is 45.7 Å². The molecule has 1 aliphatic rings. The fraction of sp³-hybridized carbons (Fsp3) is 0.318. The second-order valence-corrected chi connectivity index (χ2v) is 9.60. The third-order valence-electron chi connectivity index (χ3n) is 5.17. The van der Waals surface area contributed by atoms with E-state index < -0.39 is 0 Å². The van der Waals surface area contributed by atoms with Gasteiger partial charge in [0.1, 0.15) is 5.82 Å². The van der Waals surface area contributed by atoms with Crippen molar-refractivity contribution in [3.63, 3.8) is 0 Å². The fourth-order valence-corrected chi connectivity index (χ4v) is 4.72. The van der Waals surface area contributed by atoms with Gasteiger partial charge >= 0.3 is 6.03 Å². The van der Waals surface area contributed by atoms with Crippen molar-refractivity contribution in [2.75, 3.05) is 49.5 Å². The average Bonchev–Trinajstić information content (AvgIpc) is 3.24. The van der Waals surface area contributed by atoms with Gasteiger partial charge < -0.3 is 15.5 Å². The highest BCUT2D eigenvalue weighted by Gasteiger charge is 2.20. The van der Waals surface area contributed by atoms with Crippen LogP contribution in [0.25, 0.3) is 0 Å². The molecule has 1 saturated heterocycles. The largest absolute Gasteiger partial charge is 0.344 e. The molecule has 0 unspecified atom stereocenters. The molecule has 3 aromatic rings. The zero-order valence-electron chi connectivity index (χ0n) is 17.4. The number of aromatic nitrogens is 2. The predicted octanol–water partition coefficient (Wildman–Crippen LogP) is 4.49. The fourth-order valence-electron chi connectivity index (χ4n) is 3.46. The molecule has 0 radical (unpaired) electrons. The number of carbonyl (C=O) groups excluding carboxylic acids is 1. The summed E-state index contributed by atoms with van der Waals surface area (Å²) < 4.78 is 5.45. The molecule has 7 nitrogen and oxygen atoms in total. The molecule has 0 atom stereocenters. The number of hydrogen-bond acceptors (Lipinski definition) is 6. The molecule has 1 aliphatic heterocycles. The maximum Gasteiger partial charge on any atom is 0.319 e. The molecule has 0 saturated carbocycles. The number of rotatable bonds is 7. The van der Waals surface area contributed by atoms with Gasteiger partial charge in [0.15, 0.2) is 0 Å². The molecule has 0 bridgehead atoms. The highest BCUT2D eigenvalue weighted by atomic mass is 79.9. The van der Waals surface area contributed by atoms with E-state index >= 15 is 0 Å². The Morgan fingerprint density at radius 2 is 1.91 bits per heavy atom. The van der Waals surface area contributed by atoms with E-state index in [2.05, 4.69) is 40.7 Å². The first kappa shape index (κ1) is 23.0. The maximum atomic E-state index is 12.1. The van der Waals surface area contributed by atoms with Gasteiger partial charge in [-0.15, -0.1) is 0 Å². The number of nitrogens with zero attached hydrogens (tertiary/aromatic N) is 4. The van der Waals surface area contributed by atoms with Crippen molar-refractivity contribution in [1.82, 2.24) is 19.6 Å². The van der Waals surface area contributed by atoms with E-state index in [1.165, 1.54) is 11.5 Å². The molecule has 2 aromatic carbocycles. The van der Waals surface area contributed by atoms with Crippen molar-refractivity contribution in [3.05, 3.63) is 69.4 Å². The number of piperazine rings is 1. The molecule has 0 aliphatic carbocycles. The Morgan fingerprint density at radius 1 is 1.12 bits per heavy atom. The molecule has 2 heterocycles. The summed E-state index contributed by atoms with van der Waals surface area (Å²) >= 11 is 10.8. The van der Waals surface area contributed by atoms with Crippen molar-refractivity contribution >= 4 is 55.9 Å². The van der Waals surface area contributed by atoms with E-state index in [4.69, 9.17) is 16.6 Å². The van der Waals surface area contributed by atoms with E-state index in [0.717, 1.165) is 64.4 Å². The number of nitrogens with one attached hydrogen (secondary N) is 2. The summed E-state index contributed by atoms with van der Waals surface area (Å²) in [6.07, 6.45) is 0.710. The maximum absolute atomic E-state index is 12.1. The predicted molar refractivity (Wildman–Crippen MR) is 134 cm³/mol. The van der Waals surface area contributed by atoms with E-state index in [1.807, 2.05) is 48.5 Å². The van der Waals surface area contributed by atoms with Crippen LogP contribution in [0.2, 0.25) is 5.02 Å². The lowest BCUT2D eigenvalue weighted by Crippen LogP contribution is -2.48. The molecular formula is C22H24BrClN6OS. The van der Waals surface area contributed by atoms with Crippen LogP contribution in [-0.2, 0) is 6.42 Å². The molecule has 168 valence electrons. The number of urea groups is 1. The molecule has 1 aromatic heterocycles. The minimum atomic E-state index is -0.191. The lowest BCUT2D eigenvalue weighted by atomic mass is 10.1. The number of carbonyl (C=O) groups is 1. The lowest BCUT2D eigenvalue weighted by Gasteiger charge is -2.34. The Bertz CT molecular complexity index is 1040. The van der Waals surface area contributed by atoms with Crippen LogP contribution in [0.1, 0.15) is 11.4 Å². The van der Waals surface area contributed by atoms with Crippen LogP contribution in [0.3, 0.4) is 0 Å². The second kappa shape index (κ2) is 11.1. The summed E-state index contributed by atoms with van der Waals surface area (Å²) in [5, 5.41) is 7.47. The first-order valence-electron chi connectivity index (χ1n) is 10.4. The van der Waals surface area contributed by atoms with Crippen LogP contribution in [0.5, 0.6) is 0 Å². The highest BCUT2D eigenvalue weighted by Crippen LogP contribution is 2.21. The monoisotopic (exact) mass is 534 g/mol. The van der Waals surface area contributed by atoms with E-state index in [1.54, 1.807) is 0 Å². The SMILES string of the molecule is O=C(NCCN1CCN(c2nc(Cc3ccc(Cl)cc3)ns2)CC1)Nc1cccc(Br)c1. The Balaban J connectivity index is 1.17. The van der Waals surface area contributed by atoms with Crippen LogP contribution >= 0.6 is 39.1 Å². The summed E-state index contributed by atoms with van der Waals surface area (Å²) in [4.78, 5) is 21.4. The van der Waals surface area contributed by atoms with Crippen molar-refractivity contribution in [3.8, 4) is 0 Å². The summed E-state index contributed by atoms with van der Waals surface area (Å²) in [5.41, 5.74) is 1.91. The zero-order valence-corrected chi connectivity index (χ0v) is 20.6. The van der Waals surface area contributed by atoms with E-state index in [0.29, 0.717) is 13.0 Å². The zero-order chi connectivity index (χ0) is 22.3. The van der Waals surface area contributed by atoms with E-state index in [-0.39, 0.29) is 6.03 Å². The normalized spacial score (nSPS) is 14.4. The van der Waals surface area contributed by atoms with Gasteiger partial charge in [0, 0.05) is 72.4 Å². The van der Waals surface area contributed by atoms with Gasteiger partial charge in [-0.2, -0.15) is 4.37 Å². The Kier molecular flexibility index (Phi) is 7.96. The highest BCUT2D eigenvalue weighted by molar-refractivity contribution is 9.10. The van der Waals surface area contributed by atoms with Gasteiger partial charge in [0.2, 0.25) is 5.13 Å². The third-order valence-corrected chi connectivity index (χ3v) is 6.73. The van der Waals surface area contributed by atoms with Crippen LogP contribution in [-0.4, -0.2) is 59.6 Å². The van der Waals surface area contributed by atoms with Crippen LogP contribution in [0.15, 0.2) is 53.0 Å². The van der Waals surface area contributed by atoms with E-state index in [9.17, 15) is 4.79 Å². The van der Waals surface area contributed by atoms with Crippen LogP contribution in [0.4, 0.5) is 15.6 Å². The summed E-state index contributed by atoms with van der Waals surface area (Å²) in [7, 11) is 0. The molecule has 1 fully saturated rings. The molecule has 0 spiro atoms. The van der Waals surface area contributed by atoms with Gasteiger partial charge in [-0.25, -0.2) is 9.78 Å². The molecule has 10 heteroatoms. The van der Waals surface area contributed by atoms with Gasteiger partial charge in [0.05, 0.1) is 0 Å². The molecule has 2 amide bonds. The Hall–Kier alpha value is -2.20. The number of benzene rings is 2. The summed E-state index contributed by atoms with van der Waals surface area (Å²) in [6.45, 7) is 5.09. The number of halogens is 2. The number of hydrogen-bond donors (Lipinski definition) is 2. The molecule has 4 rings (SSSR count). The minimum Gasteiger partial charge on any atom is -0.344 e. The topological polar surface area (TPSA) is 73.4 Å². The minimum absolute atomic E-state index is 0.191. The van der Waals surface area contributed by atoms with Crippen molar-refractivity contribution in [2.24, 2.45) is 0 Å². The summed E-state index contributed by atoms with van der Waals surface area (Å²) in [6, 6.07) is 15.1. The Morgan fingerprint density at radius 3 is 2.66 bits per heavy atom. The number of anilines is 2. The van der Waals surface area contributed by atoms with Crippen molar-refractivity contribution in [1.29, 1.82) is 0 Å². The van der Waals surface area contributed by atoms with Gasteiger partial charge in [-0.05, 0) is 35.9 Å². The molecular weight excluding hydrogens is 512 g/mol. The van der Waals surface area contributed by atoms with Gasteiger partial charge in [-0.3, -0.25) is 4.90 Å². The smallest absolute Gasteiger partial charge is 0.319 e. The lowest BCUT2D eigenvalue weighted by molar-refractivity contribution is 0.240. The summed E-state index contributed by atoms with van der Waals surface area (Å²) in [5.74, 6) is 0.843. The first-order chi connectivity index (χ1) is 15.5. The van der Waals surface area contributed by atoms with Crippen LogP contribution in [0, 0.1) is 0 Å². The first-order valence-corrected chi connectivity index (χ1v) is 12.3. The third kappa shape index (κ3) is 6.65. The average molecular weight is 536 g/mol.